The second-order valence-corrected chi connectivity index (χ2v) is 5.12. The van der Waals surface area contributed by atoms with Gasteiger partial charge in [0.25, 0.3) is 0 Å². The molecule has 5 heteroatoms. The van der Waals surface area contributed by atoms with E-state index >= 15 is 0 Å². The summed E-state index contributed by atoms with van der Waals surface area (Å²) in [5, 5.41) is 4.20. The van der Waals surface area contributed by atoms with E-state index in [-0.39, 0.29) is 16.8 Å². The summed E-state index contributed by atoms with van der Waals surface area (Å²) in [6.07, 6.45) is 3.07. The average Bonchev–Trinajstić information content (AvgIpc) is 2.82. The highest BCUT2D eigenvalue weighted by atomic mass is 19.1. The van der Waals surface area contributed by atoms with Gasteiger partial charge >= 0.3 is 0 Å². The van der Waals surface area contributed by atoms with Crippen molar-refractivity contribution in [3.63, 3.8) is 0 Å². The first-order chi connectivity index (χ1) is 9.51. The largest absolute Gasteiger partial charge is 0.298 e. The van der Waals surface area contributed by atoms with Gasteiger partial charge in [0.15, 0.2) is 6.29 Å². The third-order valence-electron chi connectivity index (χ3n) is 3.04. The van der Waals surface area contributed by atoms with Crippen molar-refractivity contribution < 1.29 is 13.6 Å². The van der Waals surface area contributed by atoms with Gasteiger partial charge in [0, 0.05) is 18.3 Å². The van der Waals surface area contributed by atoms with Gasteiger partial charge < -0.3 is 0 Å². The molecule has 0 amide bonds. The molecule has 0 aliphatic heterocycles. The summed E-state index contributed by atoms with van der Waals surface area (Å²) in [6.45, 7) is 4.80. The lowest BCUT2D eigenvalue weighted by molar-refractivity contribution is 0.112. The Morgan fingerprint density at radius 1 is 1.35 bits per heavy atom. The van der Waals surface area contributed by atoms with Gasteiger partial charge in [-0.3, -0.25) is 9.48 Å². The molecule has 2 aromatic rings. The molecular weight excluding hydrogens is 262 g/mol. The molecule has 1 heterocycles. The van der Waals surface area contributed by atoms with Crippen molar-refractivity contribution in [2.24, 2.45) is 5.92 Å². The summed E-state index contributed by atoms with van der Waals surface area (Å²) in [5.74, 6) is -0.660. The Kier molecular flexibility index (Phi) is 4.27. The minimum atomic E-state index is -0.594. The Balaban J connectivity index is 2.40. The molecule has 0 saturated heterocycles. The maximum Gasteiger partial charge on any atom is 0.153 e. The Bertz CT molecular complexity index is 620. The molecule has 0 spiro atoms. The summed E-state index contributed by atoms with van der Waals surface area (Å²) in [6, 6.07) is 3.12. The van der Waals surface area contributed by atoms with Crippen LogP contribution in [0, 0.1) is 17.6 Å². The third kappa shape index (κ3) is 3.10. The van der Waals surface area contributed by atoms with E-state index in [9.17, 15) is 13.6 Å². The molecule has 0 aliphatic rings. The van der Waals surface area contributed by atoms with Crippen molar-refractivity contribution in [2.75, 3.05) is 0 Å². The zero-order chi connectivity index (χ0) is 14.7. The van der Waals surface area contributed by atoms with Crippen molar-refractivity contribution in [3.05, 3.63) is 41.6 Å². The number of hydrogen-bond donors (Lipinski definition) is 0. The zero-order valence-corrected chi connectivity index (χ0v) is 11.4. The van der Waals surface area contributed by atoms with Crippen LogP contribution in [0.1, 0.15) is 30.6 Å². The summed E-state index contributed by atoms with van der Waals surface area (Å²) in [7, 11) is 0. The van der Waals surface area contributed by atoms with Crippen LogP contribution in [0.4, 0.5) is 8.78 Å². The molecule has 3 nitrogen and oxygen atoms in total. The molecule has 20 heavy (non-hydrogen) atoms. The SMILES string of the molecule is CC(C)CCn1cc(C=O)c(-c2cc(F)ccc2F)n1. The molecule has 0 fully saturated rings. The van der Waals surface area contributed by atoms with Gasteiger partial charge in [-0.15, -0.1) is 0 Å². The maximum atomic E-state index is 13.8. The molecule has 0 aliphatic carbocycles. The van der Waals surface area contributed by atoms with Gasteiger partial charge in [0.1, 0.15) is 17.3 Å². The maximum absolute atomic E-state index is 13.8. The minimum absolute atomic E-state index is 0.00963. The molecule has 2 rings (SSSR count). The first-order valence-electron chi connectivity index (χ1n) is 6.49. The fraction of sp³-hybridized carbons (Fsp3) is 0.333. The normalized spacial score (nSPS) is 11.1. The molecule has 1 aromatic heterocycles. The predicted molar refractivity (Wildman–Crippen MR) is 72.4 cm³/mol. The Labute approximate surface area is 116 Å². The van der Waals surface area contributed by atoms with Crippen LogP contribution in [0.25, 0.3) is 11.3 Å². The highest BCUT2D eigenvalue weighted by molar-refractivity contribution is 5.85. The lowest BCUT2D eigenvalue weighted by Gasteiger charge is -2.04. The van der Waals surface area contributed by atoms with Crippen molar-refractivity contribution >= 4 is 6.29 Å². The van der Waals surface area contributed by atoms with Crippen molar-refractivity contribution in [3.8, 4) is 11.3 Å². The van der Waals surface area contributed by atoms with Crippen LogP contribution in [0.5, 0.6) is 0 Å². The summed E-state index contributed by atoms with van der Waals surface area (Å²) in [5.41, 5.74) is 0.453. The number of nitrogens with zero attached hydrogens (tertiary/aromatic N) is 2. The van der Waals surface area contributed by atoms with E-state index < -0.39 is 11.6 Å². The molecule has 0 unspecified atom stereocenters. The lowest BCUT2D eigenvalue weighted by atomic mass is 10.1. The van der Waals surface area contributed by atoms with E-state index in [1.54, 1.807) is 10.9 Å². The number of aromatic nitrogens is 2. The van der Waals surface area contributed by atoms with Gasteiger partial charge in [-0.2, -0.15) is 5.10 Å². The predicted octanol–water partition coefficient (Wildman–Crippen LogP) is 3.69. The van der Waals surface area contributed by atoms with Gasteiger partial charge in [-0.1, -0.05) is 13.8 Å². The van der Waals surface area contributed by atoms with E-state index in [2.05, 4.69) is 18.9 Å². The van der Waals surface area contributed by atoms with Gasteiger partial charge in [0.2, 0.25) is 0 Å². The minimum Gasteiger partial charge on any atom is -0.298 e. The zero-order valence-electron chi connectivity index (χ0n) is 11.4. The van der Waals surface area contributed by atoms with Gasteiger partial charge in [-0.25, -0.2) is 8.78 Å². The van der Waals surface area contributed by atoms with Gasteiger partial charge in [-0.05, 0) is 30.5 Å². The number of halogens is 2. The van der Waals surface area contributed by atoms with Crippen LogP contribution in [-0.4, -0.2) is 16.1 Å². The molecule has 0 radical (unpaired) electrons. The second-order valence-electron chi connectivity index (χ2n) is 5.12. The highest BCUT2D eigenvalue weighted by Gasteiger charge is 2.15. The monoisotopic (exact) mass is 278 g/mol. The summed E-state index contributed by atoms with van der Waals surface area (Å²) < 4.78 is 28.6. The van der Waals surface area contributed by atoms with E-state index in [1.165, 1.54) is 0 Å². The van der Waals surface area contributed by atoms with Crippen LogP contribution in [0.3, 0.4) is 0 Å². The van der Waals surface area contributed by atoms with Gasteiger partial charge in [0.05, 0.1) is 5.56 Å². The fourth-order valence-electron chi connectivity index (χ4n) is 1.92. The van der Waals surface area contributed by atoms with Crippen LogP contribution < -0.4 is 0 Å². The topological polar surface area (TPSA) is 34.9 Å². The number of hydrogen-bond acceptors (Lipinski definition) is 2. The van der Waals surface area contributed by atoms with E-state index in [0.717, 1.165) is 24.6 Å². The fourth-order valence-corrected chi connectivity index (χ4v) is 1.92. The molecule has 0 atom stereocenters. The molecule has 0 bridgehead atoms. The summed E-state index contributed by atoms with van der Waals surface area (Å²) >= 11 is 0. The standard InChI is InChI=1S/C15H16F2N2O/c1-10(2)5-6-19-8-11(9-20)15(18-19)13-7-12(16)3-4-14(13)17/h3-4,7-10H,5-6H2,1-2H3. The quantitative estimate of drug-likeness (QED) is 0.782. The smallest absolute Gasteiger partial charge is 0.153 e. The number of aryl methyl sites for hydroxylation is 1. The van der Waals surface area contributed by atoms with Crippen molar-refractivity contribution in [1.29, 1.82) is 0 Å². The lowest BCUT2D eigenvalue weighted by Crippen LogP contribution is -2.02. The highest BCUT2D eigenvalue weighted by Crippen LogP contribution is 2.25. The Hall–Kier alpha value is -2.04. The number of benzene rings is 1. The first kappa shape index (κ1) is 14.4. The Morgan fingerprint density at radius 2 is 2.10 bits per heavy atom. The molecule has 0 N–H and O–H groups in total. The number of rotatable bonds is 5. The van der Waals surface area contributed by atoms with Crippen LogP contribution in [0.2, 0.25) is 0 Å². The van der Waals surface area contributed by atoms with E-state index in [0.29, 0.717) is 18.7 Å². The van der Waals surface area contributed by atoms with Crippen molar-refractivity contribution in [1.82, 2.24) is 9.78 Å². The number of carbonyl (C=O) groups excluding carboxylic acids is 1. The van der Waals surface area contributed by atoms with Crippen LogP contribution in [-0.2, 0) is 6.54 Å². The molecule has 0 saturated carbocycles. The average molecular weight is 278 g/mol. The van der Waals surface area contributed by atoms with E-state index in [1.807, 2.05) is 0 Å². The molecule has 106 valence electrons. The second kappa shape index (κ2) is 5.94. The third-order valence-corrected chi connectivity index (χ3v) is 3.04. The van der Waals surface area contributed by atoms with Crippen LogP contribution in [0.15, 0.2) is 24.4 Å². The first-order valence-corrected chi connectivity index (χ1v) is 6.49. The van der Waals surface area contributed by atoms with E-state index in [4.69, 9.17) is 0 Å². The van der Waals surface area contributed by atoms with Crippen molar-refractivity contribution in [2.45, 2.75) is 26.8 Å². The number of aldehydes is 1. The number of carbonyl (C=O) groups is 1. The molecule has 1 aromatic carbocycles. The molecular formula is C15H16F2N2O. The van der Waals surface area contributed by atoms with Crippen LogP contribution >= 0.6 is 0 Å². The summed E-state index contributed by atoms with van der Waals surface area (Å²) in [4.78, 5) is 11.1. The Morgan fingerprint density at radius 3 is 2.75 bits per heavy atom.